The minimum atomic E-state index is -0.0370. The van der Waals surface area contributed by atoms with E-state index in [9.17, 15) is 4.79 Å². The van der Waals surface area contributed by atoms with Crippen LogP contribution in [0.25, 0.3) is 0 Å². The molecule has 1 saturated heterocycles. The van der Waals surface area contributed by atoms with Gasteiger partial charge in [0.05, 0.1) is 24.8 Å². The molecular weight excluding hydrogens is 305 g/mol. The third-order valence-corrected chi connectivity index (χ3v) is 3.82. The van der Waals surface area contributed by atoms with Gasteiger partial charge in [0.2, 0.25) is 0 Å². The molecule has 0 spiro atoms. The number of hydrogen-bond donors (Lipinski definition) is 0. The molecule has 1 aliphatic rings. The van der Waals surface area contributed by atoms with Crippen molar-refractivity contribution in [3.8, 4) is 0 Å². The quantitative estimate of drug-likeness (QED) is 0.784. The molecule has 0 aromatic heterocycles. The predicted molar refractivity (Wildman–Crippen MR) is 70.5 cm³/mol. The third-order valence-electron chi connectivity index (χ3n) is 2.77. The van der Waals surface area contributed by atoms with E-state index in [1.807, 2.05) is 24.3 Å². The number of halogens is 2. The molecule has 1 aromatic carbocycles. The van der Waals surface area contributed by atoms with Crippen LogP contribution in [0.1, 0.15) is 10.4 Å². The summed E-state index contributed by atoms with van der Waals surface area (Å²) in [4.78, 5) is 14.2. The molecule has 0 N–H and O–H groups in total. The number of alkyl halides is 1. The molecule has 0 saturated carbocycles. The highest BCUT2D eigenvalue weighted by atomic mass is 79.9. The van der Waals surface area contributed by atoms with Crippen LogP contribution in [0.5, 0.6) is 0 Å². The van der Waals surface area contributed by atoms with Gasteiger partial charge in [-0.1, -0.05) is 12.1 Å². The first-order valence-corrected chi connectivity index (χ1v) is 6.76. The van der Waals surface area contributed by atoms with Crippen molar-refractivity contribution < 1.29 is 9.53 Å². The molecule has 1 unspecified atom stereocenters. The molecule has 0 radical (unpaired) electrons. The first-order chi connectivity index (χ1) is 8.24. The van der Waals surface area contributed by atoms with Gasteiger partial charge in [-0.15, -0.1) is 11.6 Å². The van der Waals surface area contributed by atoms with Crippen LogP contribution in [-0.2, 0) is 4.74 Å². The molecule has 1 aliphatic heterocycles. The summed E-state index contributed by atoms with van der Waals surface area (Å²) in [5.74, 6) is 0.405. The predicted octanol–water partition coefficient (Wildman–Crippen LogP) is 2.53. The number of ether oxygens (including phenoxy) is 1. The molecule has 0 bridgehead atoms. The van der Waals surface area contributed by atoms with Crippen molar-refractivity contribution >= 4 is 33.4 Å². The van der Waals surface area contributed by atoms with Crippen LogP contribution in [-0.4, -0.2) is 42.5 Å². The van der Waals surface area contributed by atoms with E-state index >= 15 is 0 Å². The van der Waals surface area contributed by atoms with Gasteiger partial charge in [-0.3, -0.25) is 4.79 Å². The summed E-state index contributed by atoms with van der Waals surface area (Å²) in [6.45, 7) is 1.68. The second-order valence-corrected chi connectivity index (χ2v) is 5.02. The Kier molecular flexibility index (Phi) is 4.42. The van der Waals surface area contributed by atoms with Gasteiger partial charge < -0.3 is 9.64 Å². The lowest BCUT2D eigenvalue weighted by Crippen LogP contribution is -2.49. The Labute approximate surface area is 114 Å². The summed E-state index contributed by atoms with van der Waals surface area (Å²) in [5, 5.41) is 0. The van der Waals surface area contributed by atoms with E-state index in [1.54, 1.807) is 4.90 Å². The van der Waals surface area contributed by atoms with E-state index in [4.69, 9.17) is 16.3 Å². The SMILES string of the molecule is O=C(c1ccccc1Br)N1CCOCC1CCl. The number of amides is 1. The van der Waals surface area contributed by atoms with Crippen LogP contribution in [0.2, 0.25) is 0 Å². The minimum absolute atomic E-state index is 0.00595. The van der Waals surface area contributed by atoms with Crippen molar-refractivity contribution in [2.45, 2.75) is 6.04 Å². The molecule has 3 nitrogen and oxygen atoms in total. The van der Waals surface area contributed by atoms with E-state index in [0.29, 0.717) is 31.2 Å². The molecule has 1 heterocycles. The Balaban J connectivity index is 2.21. The molecule has 5 heteroatoms. The van der Waals surface area contributed by atoms with Crippen molar-refractivity contribution in [2.75, 3.05) is 25.6 Å². The monoisotopic (exact) mass is 317 g/mol. The zero-order chi connectivity index (χ0) is 12.3. The van der Waals surface area contributed by atoms with Crippen LogP contribution < -0.4 is 0 Å². The van der Waals surface area contributed by atoms with Crippen molar-refractivity contribution in [3.05, 3.63) is 34.3 Å². The number of nitrogens with zero attached hydrogens (tertiary/aromatic N) is 1. The number of hydrogen-bond acceptors (Lipinski definition) is 2. The van der Waals surface area contributed by atoms with E-state index in [2.05, 4.69) is 15.9 Å². The molecule has 2 rings (SSSR count). The van der Waals surface area contributed by atoms with Crippen molar-refractivity contribution in [2.24, 2.45) is 0 Å². The standard InChI is InChI=1S/C12H13BrClNO2/c13-11-4-2-1-3-10(11)12(16)15-5-6-17-8-9(15)7-14/h1-4,9H,5-8H2. The molecule has 1 atom stereocenters. The van der Waals surface area contributed by atoms with Crippen LogP contribution in [0.3, 0.4) is 0 Å². The lowest BCUT2D eigenvalue weighted by molar-refractivity contribution is 0.00451. The highest BCUT2D eigenvalue weighted by Crippen LogP contribution is 2.20. The summed E-state index contributed by atoms with van der Waals surface area (Å²) >= 11 is 9.25. The number of morpholine rings is 1. The molecule has 1 fully saturated rings. The first kappa shape index (κ1) is 12.9. The second-order valence-electron chi connectivity index (χ2n) is 3.86. The largest absolute Gasteiger partial charge is 0.377 e. The Morgan fingerprint density at radius 2 is 2.29 bits per heavy atom. The van der Waals surface area contributed by atoms with Gasteiger partial charge in [0.1, 0.15) is 0 Å². The molecule has 92 valence electrons. The van der Waals surface area contributed by atoms with Gasteiger partial charge in [-0.2, -0.15) is 0 Å². The first-order valence-electron chi connectivity index (χ1n) is 5.43. The zero-order valence-corrected chi connectivity index (χ0v) is 11.6. The normalized spacial score (nSPS) is 20.4. The molecular formula is C12H13BrClNO2. The van der Waals surface area contributed by atoms with Gasteiger partial charge in [-0.25, -0.2) is 0 Å². The Hall–Kier alpha value is -0.580. The zero-order valence-electron chi connectivity index (χ0n) is 9.23. The van der Waals surface area contributed by atoms with E-state index in [0.717, 1.165) is 4.47 Å². The smallest absolute Gasteiger partial charge is 0.255 e. The highest BCUT2D eigenvalue weighted by Gasteiger charge is 2.28. The van der Waals surface area contributed by atoms with Crippen molar-refractivity contribution in [1.82, 2.24) is 4.90 Å². The van der Waals surface area contributed by atoms with Crippen LogP contribution in [0, 0.1) is 0 Å². The van der Waals surface area contributed by atoms with Gasteiger partial charge in [-0.05, 0) is 28.1 Å². The van der Waals surface area contributed by atoms with Gasteiger partial charge >= 0.3 is 0 Å². The fourth-order valence-electron chi connectivity index (χ4n) is 1.84. The number of rotatable bonds is 2. The molecule has 0 aliphatic carbocycles. The summed E-state index contributed by atoms with van der Waals surface area (Å²) in [5.41, 5.74) is 0.671. The summed E-state index contributed by atoms with van der Waals surface area (Å²) in [6, 6.07) is 7.38. The summed E-state index contributed by atoms with van der Waals surface area (Å²) in [6.07, 6.45) is 0. The summed E-state index contributed by atoms with van der Waals surface area (Å²) < 4.78 is 6.14. The van der Waals surface area contributed by atoms with Crippen LogP contribution in [0.15, 0.2) is 28.7 Å². The number of benzene rings is 1. The minimum Gasteiger partial charge on any atom is -0.377 e. The van der Waals surface area contributed by atoms with Crippen molar-refractivity contribution in [1.29, 1.82) is 0 Å². The topological polar surface area (TPSA) is 29.5 Å². The molecule has 1 amide bonds. The summed E-state index contributed by atoms with van der Waals surface area (Å²) in [7, 11) is 0. The highest BCUT2D eigenvalue weighted by molar-refractivity contribution is 9.10. The Morgan fingerprint density at radius 1 is 1.53 bits per heavy atom. The van der Waals surface area contributed by atoms with E-state index in [-0.39, 0.29) is 11.9 Å². The van der Waals surface area contributed by atoms with E-state index in [1.165, 1.54) is 0 Å². The maximum absolute atomic E-state index is 12.4. The average molecular weight is 319 g/mol. The maximum atomic E-state index is 12.4. The third kappa shape index (κ3) is 2.81. The lowest BCUT2D eigenvalue weighted by atomic mass is 10.1. The fourth-order valence-corrected chi connectivity index (χ4v) is 2.55. The van der Waals surface area contributed by atoms with Gasteiger partial charge in [0.25, 0.3) is 5.91 Å². The van der Waals surface area contributed by atoms with E-state index < -0.39 is 0 Å². The fraction of sp³-hybridized carbons (Fsp3) is 0.417. The molecule has 17 heavy (non-hydrogen) atoms. The van der Waals surface area contributed by atoms with Crippen LogP contribution in [0.4, 0.5) is 0 Å². The average Bonchev–Trinajstić information content (AvgIpc) is 2.38. The lowest BCUT2D eigenvalue weighted by Gasteiger charge is -2.34. The van der Waals surface area contributed by atoms with Gasteiger partial charge in [0.15, 0.2) is 0 Å². The number of carbonyl (C=O) groups excluding carboxylic acids is 1. The molecule has 1 aromatic rings. The van der Waals surface area contributed by atoms with Crippen LogP contribution >= 0.6 is 27.5 Å². The Bertz CT molecular complexity index is 413. The maximum Gasteiger partial charge on any atom is 0.255 e. The van der Waals surface area contributed by atoms with Crippen molar-refractivity contribution in [3.63, 3.8) is 0 Å². The van der Waals surface area contributed by atoms with Gasteiger partial charge in [0, 0.05) is 16.9 Å². The Morgan fingerprint density at radius 3 is 3.00 bits per heavy atom. The number of carbonyl (C=O) groups is 1. The second kappa shape index (κ2) is 5.85.